The first-order chi connectivity index (χ1) is 3.79. The highest BCUT2D eigenvalue weighted by molar-refractivity contribution is 9.08. The third kappa shape index (κ3) is 1.77. The summed E-state index contributed by atoms with van der Waals surface area (Å²) in [6.07, 6.45) is 0. The van der Waals surface area contributed by atoms with E-state index in [0.29, 0.717) is 27.6 Å². The molecule has 0 aliphatic carbocycles. The molecule has 1 saturated heterocycles. The van der Waals surface area contributed by atoms with Crippen LogP contribution in [0, 0.1) is 0 Å². The summed E-state index contributed by atoms with van der Waals surface area (Å²) in [7, 11) is 1.34. The molecule has 0 radical (unpaired) electrons. The highest BCUT2D eigenvalue weighted by Gasteiger charge is 2.18. The van der Waals surface area contributed by atoms with E-state index < -0.39 is 0 Å². The summed E-state index contributed by atoms with van der Waals surface area (Å²) in [5.41, 5.74) is 0. The molecule has 8 heavy (non-hydrogen) atoms. The first-order valence-corrected chi connectivity index (χ1v) is 3.02. The summed E-state index contributed by atoms with van der Waals surface area (Å²) < 4.78 is 13.8. The van der Waals surface area contributed by atoms with Gasteiger partial charge in [-0.25, -0.2) is 4.94 Å². The van der Waals surface area contributed by atoms with Crippen LogP contribution in [-0.4, -0.2) is 31.3 Å². The van der Waals surface area contributed by atoms with E-state index in [1.165, 1.54) is 0 Å². The smallest absolute Gasteiger partial charge is 0.313 e. The molecule has 1 rings (SSSR count). The minimum Gasteiger partial charge on any atom is -0.375 e. The molecule has 1 N–H and O–H groups in total. The van der Waals surface area contributed by atoms with E-state index in [-0.39, 0.29) is 0 Å². The van der Waals surface area contributed by atoms with Gasteiger partial charge in [0.15, 0.2) is 0 Å². The molecule has 0 spiro atoms. The van der Waals surface area contributed by atoms with Crippen LogP contribution < -0.4 is 5.14 Å². The SMILES string of the molecule is FN1BNBN(Br)B1. The summed E-state index contributed by atoms with van der Waals surface area (Å²) in [5.74, 6) is 0. The van der Waals surface area contributed by atoms with E-state index >= 15 is 0 Å². The lowest BCUT2D eigenvalue weighted by molar-refractivity contribution is 0.251. The third-order valence-corrected chi connectivity index (χ3v) is 1.35. The van der Waals surface area contributed by atoms with Gasteiger partial charge in [0.05, 0.1) is 0 Å². The molecule has 0 aromatic rings. The Bertz CT molecular complexity index is 72.9. The van der Waals surface area contributed by atoms with Gasteiger partial charge in [0, 0.05) is 0 Å². The fourth-order valence-electron chi connectivity index (χ4n) is 0.559. The van der Waals surface area contributed by atoms with Gasteiger partial charge >= 0.3 is 7.55 Å². The Hall–Kier alpha value is 0.485. The first kappa shape index (κ1) is 6.60. The summed E-state index contributed by atoms with van der Waals surface area (Å²) in [4.78, 5) is 0.679. The highest BCUT2D eigenvalue weighted by atomic mass is 79.9. The highest BCUT2D eigenvalue weighted by Crippen LogP contribution is 1.96. The molecule has 1 heterocycles. The zero-order chi connectivity index (χ0) is 5.98. The van der Waals surface area contributed by atoms with Gasteiger partial charge < -0.3 is 5.14 Å². The van der Waals surface area contributed by atoms with Crippen LogP contribution in [0.25, 0.3) is 0 Å². The second-order valence-electron chi connectivity index (χ2n) is 1.63. The standard InChI is InChI=1S/B3BrFH4N3/c4-7-1-6-2-8(5)3-7/h1-3,6H. The van der Waals surface area contributed by atoms with Crippen LogP contribution in [0.4, 0.5) is 4.48 Å². The van der Waals surface area contributed by atoms with Gasteiger partial charge in [0.2, 0.25) is 0 Å². The van der Waals surface area contributed by atoms with Crippen LogP contribution >= 0.6 is 16.1 Å². The number of hydrogen-bond donors (Lipinski definition) is 1. The Morgan fingerprint density at radius 3 is 2.62 bits per heavy atom. The van der Waals surface area contributed by atoms with E-state index in [2.05, 4.69) is 21.3 Å². The maximum Gasteiger partial charge on any atom is 0.313 e. The fourth-order valence-corrected chi connectivity index (χ4v) is 0.980. The Morgan fingerprint density at radius 2 is 2.25 bits per heavy atom. The number of rotatable bonds is 0. The first-order valence-electron chi connectivity index (χ1n) is 2.31. The minimum absolute atomic E-state index is 0.322. The molecule has 0 bridgehead atoms. The van der Waals surface area contributed by atoms with Crippen LogP contribution in [-0.2, 0) is 0 Å². The molecule has 42 valence electrons. The number of nitrogens with zero attached hydrogens (tertiary/aromatic N) is 2. The van der Waals surface area contributed by atoms with Crippen LogP contribution in [0.2, 0.25) is 0 Å². The average Bonchev–Trinajstić information content (AvgIpc) is 1.64. The zero-order valence-corrected chi connectivity index (χ0v) is 5.86. The summed E-state index contributed by atoms with van der Waals surface area (Å²) >= 11 is 3.12. The van der Waals surface area contributed by atoms with Gasteiger partial charge in [0.25, 0.3) is 15.1 Å². The molecule has 0 atom stereocenters. The Labute approximate surface area is 57.7 Å². The van der Waals surface area contributed by atoms with E-state index in [1.807, 2.05) is 0 Å². The molecule has 1 aliphatic rings. The van der Waals surface area contributed by atoms with Crippen molar-refractivity contribution < 1.29 is 4.48 Å². The molecule has 0 aromatic carbocycles. The van der Waals surface area contributed by atoms with Crippen molar-refractivity contribution in [2.75, 3.05) is 0 Å². The van der Waals surface area contributed by atoms with E-state index in [0.717, 1.165) is 0 Å². The van der Waals surface area contributed by atoms with Gasteiger partial charge in [-0.2, -0.15) is 4.48 Å². The van der Waals surface area contributed by atoms with Gasteiger partial charge in [0.1, 0.15) is 0 Å². The minimum atomic E-state index is 0.322. The monoisotopic (exact) mass is 177 g/mol. The van der Waals surface area contributed by atoms with Crippen molar-refractivity contribution in [3.8, 4) is 0 Å². The van der Waals surface area contributed by atoms with E-state index in [1.54, 1.807) is 3.75 Å². The van der Waals surface area contributed by atoms with Crippen molar-refractivity contribution in [2.45, 2.75) is 0 Å². The van der Waals surface area contributed by atoms with Gasteiger partial charge in [-0.15, -0.1) is 0 Å². The molecule has 0 saturated carbocycles. The second-order valence-corrected chi connectivity index (χ2v) is 2.64. The number of hydrogen-bond acceptors (Lipinski definition) is 3. The lowest BCUT2D eigenvalue weighted by atomic mass is 9.84. The molecular weight excluding hydrogens is 173 g/mol. The maximum atomic E-state index is 12.1. The van der Waals surface area contributed by atoms with Gasteiger partial charge in [-0.05, 0) is 16.1 Å². The summed E-state index contributed by atoms with van der Waals surface area (Å²) in [6.45, 7) is 0. The van der Waals surface area contributed by atoms with Crippen molar-refractivity contribution in [1.82, 2.24) is 13.8 Å². The normalized spacial score (nSPS) is 23.2. The van der Waals surface area contributed by atoms with Crippen LogP contribution in [0.3, 0.4) is 0 Å². The Balaban J connectivity index is 2.23. The van der Waals surface area contributed by atoms with Gasteiger partial charge in [-0.1, -0.05) is 0 Å². The molecule has 0 amide bonds. The van der Waals surface area contributed by atoms with Gasteiger partial charge in [-0.3, -0.25) is 3.75 Å². The lowest BCUT2D eigenvalue weighted by Gasteiger charge is -2.21. The van der Waals surface area contributed by atoms with E-state index in [9.17, 15) is 4.48 Å². The summed E-state index contributed by atoms with van der Waals surface area (Å²) in [5, 5.41) is 2.81. The zero-order valence-electron chi connectivity index (χ0n) is 4.27. The van der Waals surface area contributed by atoms with Crippen LogP contribution in [0.5, 0.6) is 0 Å². The quantitative estimate of drug-likeness (QED) is 0.347. The second kappa shape index (κ2) is 2.86. The molecule has 1 fully saturated rings. The number of halogens is 2. The summed E-state index contributed by atoms with van der Waals surface area (Å²) in [6, 6.07) is 0. The molecule has 3 nitrogen and oxygen atoms in total. The number of nitrogens with one attached hydrogen (secondary N) is 1. The molecule has 0 unspecified atom stereocenters. The van der Waals surface area contributed by atoms with Crippen LogP contribution in [0.15, 0.2) is 0 Å². The largest absolute Gasteiger partial charge is 0.375 e. The average molecular weight is 177 g/mol. The van der Waals surface area contributed by atoms with Crippen molar-refractivity contribution in [2.24, 2.45) is 0 Å². The topological polar surface area (TPSA) is 18.5 Å². The Morgan fingerprint density at radius 1 is 1.50 bits per heavy atom. The predicted octanol–water partition coefficient (Wildman–Crippen LogP) is -1.81. The molecule has 0 aromatic heterocycles. The lowest BCUT2D eigenvalue weighted by Crippen LogP contribution is -2.53. The van der Waals surface area contributed by atoms with Crippen molar-refractivity contribution in [3.05, 3.63) is 0 Å². The fraction of sp³-hybridized carbons (Fsp3) is 0. The van der Waals surface area contributed by atoms with Crippen molar-refractivity contribution >= 4 is 38.8 Å². The maximum absolute atomic E-state index is 12.1. The van der Waals surface area contributed by atoms with E-state index in [4.69, 9.17) is 0 Å². The van der Waals surface area contributed by atoms with Crippen molar-refractivity contribution in [1.29, 1.82) is 0 Å². The Kier molecular flexibility index (Phi) is 2.36. The molecule has 1 aliphatic heterocycles. The third-order valence-electron chi connectivity index (χ3n) is 0.874. The molecular formula is H4B3BrFN3. The van der Waals surface area contributed by atoms with Crippen molar-refractivity contribution in [3.63, 3.8) is 0 Å². The molecule has 8 heteroatoms. The predicted molar refractivity (Wildman–Crippen MR) is 38.3 cm³/mol. The van der Waals surface area contributed by atoms with Crippen LogP contribution in [0.1, 0.15) is 0 Å².